The van der Waals surface area contributed by atoms with Crippen LogP contribution in [0.1, 0.15) is 19.8 Å². The Hall–Kier alpha value is 0.690. The first-order valence-electron chi connectivity index (χ1n) is 2.09. The molecular formula is C4H9IO. The average Bonchev–Trinajstić information content (AvgIpc) is 1.35. The van der Waals surface area contributed by atoms with Crippen molar-refractivity contribution in [3.05, 3.63) is 0 Å². The minimum absolute atomic E-state index is 0.132. The third-order valence-electron chi connectivity index (χ3n) is 0.527. The van der Waals surface area contributed by atoms with Crippen LogP contribution in [0.3, 0.4) is 0 Å². The van der Waals surface area contributed by atoms with Gasteiger partial charge in [-0.15, -0.1) is 0 Å². The Bertz CT molecular complexity index is 28.7. The molecule has 0 rings (SSSR count). The van der Waals surface area contributed by atoms with Crippen LogP contribution in [0, 0.1) is 0 Å². The first kappa shape index (κ1) is 6.69. The van der Waals surface area contributed by atoms with E-state index in [1.54, 1.807) is 0 Å². The Kier molecular flexibility index (Phi) is 4.31. The number of aliphatic hydroxyl groups is 1. The van der Waals surface area contributed by atoms with E-state index in [0.717, 1.165) is 12.8 Å². The molecule has 0 aromatic heterocycles. The maximum atomic E-state index is 8.54. The van der Waals surface area contributed by atoms with Crippen molar-refractivity contribution < 1.29 is 5.11 Å². The summed E-state index contributed by atoms with van der Waals surface area (Å²) in [5.74, 6) is 0. The largest absolute Gasteiger partial charge is 0.383 e. The topological polar surface area (TPSA) is 20.2 Å². The minimum atomic E-state index is -0.132. The second-order valence-electron chi connectivity index (χ2n) is 1.22. The highest BCUT2D eigenvalue weighted by atomic mass is 127. The van der Waals surface area contributed by atoms with E-state index in [-0.39, 0.29) is 4.11 Å². The van der Waals surface area contributed by atoms with Crippen molar-refractivity contribution in [2.75, 3.05) is 0 Å². The van der Waals surface area contributed by atoms with Gasteiger partial charge in [-0.3, -0.25) is 0 Å². The summed E-state index contributed by atoms with van der Waals surface area (Å²) in [6, 6.07) is 0. The third kappa shape index (κ3) is 4.69. The molecule has 1 atom stereocenters. The normalized spacial score (nSPS) is 14.5. The lowest BCUT2D eigenvalue weighted by Gasteiger charge is -1.93. The molecule has 0 heterocycles. The molecule has 0 aromatic rings. The van der Waals surface area contributed by atoms with Gasteiger partial charge in [0.25, 0.3) is 0 Å². The molecule has 0 radical (unpaired) electrons. The monoisotopic (exact) mass is 200 g/mol. The minimum Gasteiger partial charge on any atom is -0.383 e. The predicted molar refractivity (Wildman–Crippen MR) is 34.9 cm³/mol. The molecule has 0 bridgehead atoms. The zero-order valence-corrected chi connectivity index (χ0v) is 5.97. The van der Waals surface area contributed by atoms with E-state index in [2.05, 4.69) is 6.92 Å². The summed E-state index contributed by atoms with van der Waals surface area (Å²) >= 11 is 2.00. The van der Waals surface area contributed by atoms with Gasteiger partial charge in [0.15, 0.2) is 0 Å². The fourth-order valence-electron chi connectivity index (χ4n) is 0.238. The molecule has 0 aliphatic heterocycles. The Morgan fingerprint density at radius 1 is 1.83 bits per heavy atom. The lowest BCUT2D eigenvalue weighted by Crippen LogP contribution is -1.90. The molecule has 0 aliphatic carbocycles. The van der Waals surface area contributed by atoms with E-state index in [1.165, 1.54) is 0 Å². The fourth-order valence-corrected chi connectivity index (χ4v) is 0.861. The van der Waals surface area contributed by atoms with Crippen LogP contribution in [0.15, 0.2) is 0 Å². The quantitative estimate of drug-likeness (QED) is 0.529. The van der Waals surface area contributed by atoms with Crippen molar-refractivity contribution in [1.82, 2.24) is 0 Å². The molecular weight excluding hydrogens is 191 g/mol. The first-order valence-corrected chi connectivity index (χ1v) is 3.34. The summed E-state index contributed by atoms with van der Waals surface area (Å²) in [4.78, 5) is 0. The summed E-state index contributed by atoms with van der Waals surface area (Å²) in [5.41, 5.74) is 0. The average molecular weight is 200 g/mol. The van der Waals surface area contributed by atoms with Crippen molar-refractivity contribution in [2.45, 2.75) is 23.9 Å². The zero-order chi connectivity index (χ0) is 4.99. The van der Waals surface area contributed by atoms with Crippen LogP contribution in [0.2, 0.25) is 0 Å². The van der Waals surface area contributed by atoms with Gasteiger partial charge in [0.1, 0.15) is 4.11 Å². The van der Waals surface area contributed by atoms with Crippen molar-refractivity contribution in [1.29, 1.82) is 0 Å². The van der Waals surface area contributed by atoms with Crippen LogP contribution in [-0.4, -0.2) is 9.22 Å². The number of hydrogen-bond donors (Lipinski definition) is 1. The highest BCUT2D eigenvalue weighted by Crippen LogP contribution is 2.01. The van der Waals surface area contributed by atoms with Crippen LogP contribution in [0.5, 0.6) is 0 Å². The van der Waals surface area contributed by atoms with Gasteiger partial charge in [0.2, 0.25) is 0 Å². The Balaban J connectivity index is 2.63. The standard InChI is InChI=1S/C4H9IO/c1-2-3-4(5)6/h4,6H,2-3H2,1H3/t4-/m0/s1. The van der Waals surface area contributed by atoms with Gasteiger partial charge in [-0.1, -0.05) is 35.9 Å². The third-order valence-corrected chi connectivity index (χ3v) is 1.15. The molecule has 0 spiro atoms. The second-order valence-corrected chi connectivity index (χ2v) is 2.66. The Morgan fingerprint density at radius 3 is 2.33 bits per heavy atom. The van der Waals surface area contributed by atoms with Crippen molar-refractivity contribution in [3.63, 3.8) is 0 Å². The van der Waals surface area contributed by atoms with Crippen LogP contribution in [0.25, 0.3) is 0 Å². The molecule has 0 saturated carbocycles. The summed E-state index contributed by atoms with van der Waals surface area (Å²) in [6.07, 6.45) is 1.99. The SMILES string of the molecule is CCC[C@H](O)I. The molecule has 1 N–H and O–H groups in total. The van der Waals surface area contributed by atoms with E-state index in [1.807, 2.05) is 22.6 Å². The van der Waals surface area contributed by atoms with Crippen molar-refractivity contribution in [2.24, 2.45) is 0 Å². The lowest BCUT2D eigenvalue weighted by atomic mass is 10.4. The molecule has 0 amide bonds. The molecule has 0 saturated heterocycles. The smallest absolute Gasteiger partial charge is 0.105 e. The molecule has 0 aliphatic rings. The molecule has 6 heavy (non-hydrogen) atoms. The lowest BCUT2D eigenvalue weighted by molar-refractivity contribution is 0.267. The molecule has 38 valence electrons. The van der Waals surface area contributed by atoms with Gasteiger partial charge in [0.05, 0.1) is 0 Å². The molecule has 0 unspecified atom stereocenters. The number of rotatable bonds is 2. The molecule has 0 fully saturated rings. The van der Waals surface area contributed by atoms with Gasteiger partial charge in [-0.25, -0.2) is 0 Å². The van der Waals surface area contributed by atoms with Crippen molar-refractivity contribution >= 4 is 22.6 Å². The highest BCUT2D eigenvalue weighted by Gasteiger charge is 1.89. The first-order chi connectivity index (χ1) is 2.77. The summed E-state index contributed by atoms with van der Waals surface area (Å²) in [6.45, 7) is 2.06. The predicted octanol–water partition coefficient (Wildman–Crippen LogP) is 1.54. The van der Waals surface area contributed by atoms with E-state index in [4.69, 9.17) is 5.11 Å². The van der Waals surface area contributed by atoms with Crippen molar-refractivity contribution in [3.8, 4) is 0 Å². The van der Waals surface area contributed by atoms with Gasteiger partial charge >= 0.3 is 0 Å². The van der Waals surface area contributed by atoms with E-state index in [0.29, 0.717) is 0 Å². The highest BCUT2D eigenvalue weighted by molar-refractivity contribution is 14.1. The number of hydrogen-bond acceptors (Lipinski definition) is 1. The van der Waals surface area contributed by atoms with Gasteiger partial charge in [0, 0.05) is 0 Å². The molecule has 2 heteroatoms. The Labute approximate surface area is 51.9 Å². The molecule has 1 nitrogen and oxygen atoms in total. The van der Waals surface area contributed by atoms with E-state index in [9.17, 15) is 0 Å². The maximum Gasteiger partial charge on any atom is 0.105 e. The fraction of sp³-hybridized carbons (Fsp3) is 1.00. The van der Waals surface area contributed by atoms with Gasteiger partial charge in [-0.2, -0.15) is 0 Å². The van der Waals surface area contributed by atoms with E-state index >= 15 is 0 Å². The summed E-state index contributed by atoms with van der Waals surface area (Å²) < 4.78 is -0.132. The second kappa shape index (κ2) is 3.87. The van der Waals surface area contributed by atoms with E-state index < -0.39 is 0 Å². The summed E-state index contributed by atoms with van der Waals surface area (Å²) in [7, 11) is 0. The number of halogens is 1. The zero-order valence-electron chi connectivity index (χ0n) is 3.82. The maximum absolute atomic E-state index is 8.54. The van der Waals surface area contributed by atoms with Crippen LogP contribution in [-0.2, 0) is 0 Å². The van der Waals surface area contributed by atoms with Crippen LogP contribution >= 0.6 is 22.6 Å². The number of alkyl halides is 1. The summed E-state index contributed by atoms with van der Waals surface area (Å²) in [5, 5.41) is 8.54. The van der Waals surface area contributed by atoms with Gasteiger partial charge in [-0.05, 0) is 6.42 Å². The Morgan fingerprint density at radius 2 is 2.33 bits per heavy atom. The number of aliphatic hydroxyl groups excluding tert-OH is 1. The van der Waals surface area contributed by atoms with Gasteiger partial charge < -0.3 is 5.11 Å². The molecule has 0 aromatic carbocycles. The van der Waals surface area contributed by atoms with Crippen LogP contribution in [0.4, 0.5) is 0 Å². The van der Waals surface area contributed by atoms with Crippen LogP contribution < -0.4 is 0 Å².